The summed E-state index contributed by atoms with van der Waals surface area (Å²) in [6, 6.07) is 8.78. The van der Waals surface area contributed by atoms with Gasteiger partial charge in [-0.2, -0.15) is 0 Å². The van der Waals surface area contributed by atoms with Crippen LogP contribution >= 0.6 is 0 Å². The Kier molecular flexibility index (Phi) is 4.51. The second-order valence-corrected chi connectivity index (χ2v) is 6.14. The van der Waals surface area contributed by atoms with Gasteiger partial charge in [0.25, 0.3) is 0 Å². The Morgan fingerprint density at radius 2 is 2.19 bits per heavy atom. The van der Waals surface area contributed by atoms with Crippen LogP contribution in [0.2, 0.25) is 0 Å². The van der Waals surface area contributed by atoms with Crippen LogP contribution in [0.1, 0.15) is 37.8 Å². The Hall–Kier alpha value is -1.45. The van der Waals surface area contributed by atoms with E-state index in [0.29, 0.717) is 12.6 Å². The maximum Gasteiger partial charge on any atom is 0.0491 e. The minimum Gasteiger partial charge on any atom is -0.329 e. The van der Waals surface area contributed by atoms with Crippen molar-refractivity contribution in [3.8, 4) is 0 Å². The monoisotopic (exact) mass is 283 g/mol. The van der Waals surface area contributed by atoms with Crippen molar-refractivity contribution in [2.45, 2.75) is 32.2 Å². The minimum atomic E-state index is 0.297. The van der Waals surface area contributed by atoms with E-state index in [1.165, 1.54) is 42.1 Å². The third-order valence-electron chi connectivity index (χ3n) is 4.74. The molecule has 2 N–H and O–H groups in total. The van der Waals surface area contributed by atoms with Crippen molar-refractivity contribution >= 4 is 10.8 Å². The molecule has 0 amide bonds. The standard InChI is InChI=1S/C18H25N3/c1-2-5-14-8-9-21(13-14)18(10-19)17-12-20-11-15-6-3-4-7-16(15)17/h3-4,6-7,11-12,14,18H,2,5,8-10,13,19H2,1H3. The van der Waals surface area contributed by atoms with Crippen LogP contribution in [0, 0.1) is 5.92 Å². The Bertz CT molecular complexity index is 591. The summed E-state index contributed by atoms with van der Waals surface area (Å²) < 4.78 is 0. The maximum absolute atomic E-state index is 6.13. The molecule has 1 aliphatic rings. The number of hydrogen-bond acceptors (Lipinski definition) is 3. The molecule has 3 heteroatoms. The smallest absolute Gasteiger partial charge is 0.0491 e. The predicted molar refractivity (Wildman–Crippen MR) is 88.1 cm³/mol. The van der Waals surface area contributed by atoms with Crippen LogP contribution in [0.5, 0.6) is 0 Å². The fourth-order valence-electron chi connectivity index (χ4n) is 3.67. The van der Waals surface area contributed by atoms with E-state index in [-0.39, 0.29) is 0 Å². The molecule has 3 rings (SSSR count). The maximum atomic E-state index is 6.13. The van der Waals surface area contributed by atoms with Crippen molar-refractivity contribution in [3.63, 3.8) is 0 Å². The van der Waals surface area contributed by atoms with Crippen molar-refractivity contribution in [1.29, 1.82) is 0 Å². The average Bonchev–Trinajstić information content (AvgIpc) is 2.97. The number of aromatic nitrogens is 1. The highest BCUT2D eigenvalue weighted by molar-refractivity contribution is 5.85. The first kappa shape index (κ1) is 14.5. The first-order chi connectivity index (χ1) is 10.3. The van der Waals surface area contributed by atoms with E-state index in [2.05, 4.69) is 41.1 Å². The minimum absolute atomic E-state index is 0.297. The van der Waals surface area contributed by atoms with E-state index in [0.717, 1.165) is 12.5 Å². The lowest BCUT2D eigenvalue weighted by molar-refractivity contribution is 0.240. The van der Waals surface area contributed by atoms with Gasteiger partial charge in [-0.25, -0.2) is 0 Å². The van der Waals surface area contributed by atoms with Crippen molar-refractivity contribution in [3.05, 3.63) is 42.2 Å². The summed E-state index contributed by atoms with van der Waals surface area (Å²) in [5, 5.41) is 2.50. The van der Waals surface area contributed by atoms with Crippen LogP contribution < -0.4 is 5.73 Å². The van der Waals surface area contributed by atoms with E-state index in [1.54, 1.807) is 0 Å². The first-order valence-electron chi connectivity index (χ1n) is 8.10. The zero-order valence-corrected chi connectivity index (χ0v) is 12.8. The largest absolute Gasteiger partial charge is 0.329 e. The normalized spacial score (nSPS) is 21.0. The third-order valence-corrected chi connectivity index (χ3v) is 4.74. The van der Waals surface area contributed by atoms with Gasteiger partial charge in [-0.3, -0.25) is 9.88 Å². The van der Waals surface area contributed by atoms with Crippen LogP contribution in [0.4, 0.5) is 0 Å². The van der Waals surface area contributed by atoms with Crippen LogP contribution in [-0.2, 0) is 0 Å². The van der Waals surface area contributed by atoms with Crippen molar-refractivity contribution in [2.75, 3.05) is 19.6 Å². The molecule has 0 spiro atoms. The highest BCUT2D eigenvalue weighted by atomic mass is 15.2. The molecular weight excluding hydrogens is 258 g/mol. The molecule has 0 saturated carbocycles. The fraction of sp³-hybridized carbons (Fsp3) is 0.500. The number of fused-ring (bicyclic) bond motifs is 1. The highest BCUT2D eigenvalue weighted by Gasteiger charge is 2.28. The molecule has 21 heavy (non-hydrogen) atoms. The highest BCUT2D eigenvalue weighted by Crippen LogP contribution is 2.32. The summed E-state index contributed by atoms with van der Waals surface area (Å²) >= 11 is 0. The van der Waals surface area contributed by atoms with Gasteiger partial charge in [-0.05, 0) is 36.3 Å². The number of hydrogen-bond donors (Lipinski definition) is 1. The van der Waals surface area contributed by atoms with Gasteiger partial charge < -0.3 is 5.73 Å². The molecule has 112 valence electrons. The second kappa shape index (κ2) is 6.54. The van der Waals surface area contributed by atoms with Crippen LogP contribution in [0.3, 0.4) is 0 Å². The average molecular weight is 283 g/mol. The van der Waals surface area contributed by atoms with E-state index in [9.17, 15) is 0 Å². The van der Waals surface area contributed by atoms with E-state index in [1.807, 2.05) is 12.4 Å². The Morgan fingerprint density at radius 3 is 3.00 bits per heavy atom. The predicted octanol–water partition coefficient (Wildman–Crippen LogP) is 3.36. The van der Waals surface area contributed by atoms with Crippen molar-refractivity contribution in [2.24, 2.45) is 11.7 Å². The number of pyridine rings is 1. The fourth-order valence-corrected chi connectivity index (χ4v) is 3.67. The SMILES string of the molecule is CCCC1CCN(C(CN)c2cncc3ccccc23)C1. The summed E-state index contributed by atoms with van der Waals surface area (Å²) in [7, 11) is 0. The van der Waals surface area contributed by atoms with Gasteiger partial charge in [0.1, 0.15) is 0 Å². The molecule has 1 saturated heterocycles. The Morgan fingerprint density at radius 1 is 1.33 bits per heavy atom. The molecule has 1 fully saturated rings. The molecule has 1 aromatic heterocycles. The summed E-state index contributed by atoms with van der Waals surface area (Å²) in [5.74, 6) is 0.840. The molecule has 1 aromatic carbocycles. The van der Waals surface area contributed by atoms with Crippen molar-refractivity contribution in [1.82, 2.24) is 9.88 Å². The van der Waals surface area contributed by atoms with Crippen LogP contribution in [0.25, 0.3) is 10.8 Å². The lowest BCUT2D eigenvalue weighted by Crippen LogP contribution is -2.32. The second-order valence-electron chi connectivity index (χ2n) is 6.14. The molecule has 0 radical (unpaired) electrons. The molecule has 0 bridgehead atoms. The summed E-state index contributed by atoms with van der Waals surface area (Å²) in [6.07, 6.45) is 7.87. The number of rotatable bonds is 5. The number of likely N-dealkylation sites (tertiary alicyclic amines) is 1. The van der Waals surface area contributed by atoms with Crippen molar-refractivity contribution < 1.29 is 0 Å². The van der Waals surface area contributed by atoms with Gasteiger partial charge in [0.15, 0.2) is 0 Å². The molecular formula is C18H25N3. The number of benzene rings is 1. The lowest BCUT2D eigenvalue weighted by Gasteiger charge is -2.28. The van der Waals surface area contributed by atoms with E-state index < -0.39 is 0 Å². The Labute approximate surface area is 127 Å². The first-order valence-corrected chi connectivity index (χ1v) is 8.10. The quantitative estimate of drug-likeness (QED) is 0.915. The molecule has 2 atom stereocenters. The van der Waals surface area contributed by atoms with Gasteiger partial charge in [0, 0.05) is 36.9 Å². The van der Waals surface area contributed by atoms with E-state index >= 15 is 0 Å². The number of nitrogens with zero attached hydrogens (tertiary/aromatic N) is 2. The molecule has 0 aliphatic carbocycles. The molecule has 3 nitrogen and oxygen atoms in total. The van der Waals surface area contributed by atoms with Gasteiger partial charge in [-0.1, -0.05) is 37.6 Å². The molecule has 2 aromatic rings. The van der Waals surface area contributed by atoms with Crippen LogP contribution in [-0.4, -0.2) is 29.5 Å². The van der Waals surface area contributed by atoms with Gasteiger partial charge in [-0.15, -0.1) is 0 Å². The summed E-state index contributed by atoms with van der Waals surface area (Å²) in [6.45, 7) is 5.28. The zero-order valence-electron chi connectivity index (χ0n) is 12.8. The van der Waals surface area contributed by atoms with Gasteiger partial charge >= 0.3 is 0 Å². The molecule has 2 heterocycles. The lowest BCUT2D eigenvalue weighted by atomic mass is 10.00. The van der Waals surface area contributed by atoms with Gasteiger partial charge in [0.05, 0.1) is 0 Å². The molecule has 1 aliphatic heterocycles. The third kappa shape index (κ3) is 2.94. The summed E-state index contributed by atoms with van der Waals surface area (Å²) in [5.41, 5.74) is 7.41. The molecule has 2 unspecified atom stereocenters. The van der Waals surface area contributed by atoms with Gasteiger partial charge in [0.2, 0.25) is 0 Å². The summed E-state index contributed by atoms with van der Waals surface area (Å²) in [4.78, 5) is 6.99. The van der Waals surface area contributed by atoms with E-state index in [4.69, 9.17) is 5.73 Å². The zero-order chi connectivity index (χ0) is 14.7. The Balaban J connectivity index is 1.89. The topological polar surface area (TPSA) is 42.1 Å². The number of nitrogens with two attached hydrogens (primary N) is 1. The van der Waals surface area contributed by atoms with Crippen LogP contribution in [0.15, 0.2) is 36.7 Å².